The first-order valence-corrected chi connectivity index (χ1v) is 5.28. The molecular weight excluding hydrogens is 232 g/mol. The molecule has 1 rings (SSSR count). The Morgan fingerprint density at radius 1 is 1.56 bits per heavy atom. The van der Waals surface area contributed by atoms with E-state index in [-0.39, 0.29) is 18.1 Å². The molecule has 0 aliphatic heterocycles. The minimum absolute atomic E-state index is 0.192. The fraction of sp³-hybridized carbons (Fsp3) is 0.167. The molecule has 6 heteroatoms. The van der Waals surface area contributed by atoms with Gasteiger partial charge in [0.05, 0.1) is 13.5 Å². The number of nitrogens with one attached hydrogen (secondary N) is 1. The van der Waals surface area contributed by atoms with E-state index >= 15 is 0 Å². The molecule has 1 amide bonds. The van der Waals surface area contributed by atoms with Crippen molar-refractivity contribution in [2.75, 3.05) is 7.11 Å². The van der Waals surface area contributed by atoms with E-state index in [1.807, 2.05) is 0 Å². The Morgan fingerprint density at radius 3 is 2.89 bits per heavy atom. The average molecular weight is 248 g/mol. The molecule has 5 N–H and O–H groups in total. The van der Waals surface area contributed by atoms with Crippen LogP contribution in [0.15, 0.2) is 42.5 Å². The number of nitrogens with two attached hydrogens (primary N) is 2. The summed E-state index contributed by atoms with van der Waals surface area (Å²) in [4.78, 5) is 15.6. The van der Waals surface area contributed by atoms with Crippen LogP contribution in [0.2, 0.25) is 0 Å². The molecule has 0 atom stereocenters. The molecule has 0 aliphatic carbocycles. The van der Waals surface area contributed by atoms with E-state index < -0.39 is 0 Å². The third kappa shape index (κ3) is 4.56. The topological polar surface area (TPSA) is 103 Å². The predicted molar refractivity (Wildman–Crippen MR) is 68.2 cm³/mol. The highest BCUT2D eigenvalue weighted by atomic mass is 16.5. The molecule has 0 saturated heterocycles. The van der Waals surface area contributed by atoms with Crippen LogP contribution in [-0.2, 0) is 11.2 Å². The molecule has 0 fully saturated rings. The normalized spacial score (nSPS) is 11.5. The zero-order valence-electron chi connectivity index (χ0n) is 10.1. The fourth-order valence-corrected chi connectivity index (χ4v) is 1.23. The molecule has 0 aromatic carbocycles. The van der Waals surface area contributed by atoms with Crippen LogP contribution in [0.3, 0.4) is 0 Å². The number of carbonyl (C=O) groups excluding carboxylic acids is 1. The molecule has 1 aromatic rings. The van der Waals surface area contributed by atoms with Crippen LogP contribution in [0.4, 0.5) is 0 Å². The van der Waals surface area contributed by atoms with E-state index in [2.05, 4.69) is 10.3 Å². The number of hydrogen-bond acceptors (Lipinski definition) is 5. The van der Waals surface area contributed by atoms with E-state index in [0.717, 1.165) is 5.56 Å². The van der Waals surface area contributed by atoms with Crippen molar-refractivity contribution >= 4 is 5.91 Å². The molecule has 0 radical (unpaired) electrons. The number of ether oxygens (including phenoxy) is 1. The molecule has 0 aliphatic rings. The van der Waals surface area contributed by atoms with Crippen molar-refractivity contribution in [2.24, 2.45) is 11.5 Å². The summed E-state index contributed by atoms with van der Waals surface area (Å²) in [6.07, 6.45) is 6.14. The monoisotopic (exact) mass is 248 g/mol. The second-order valence-corrected chi connectivity index (χ2v) is 3.44. The molecule has 96 valence electrons. The quantitative estimate of drug-likeness (QED) is 0.637. The van der Waals surface area contributed by atoms with Crippen molar-refractivity contribution in [3.05, 3.63) is 48.1 Å². The zero-order chi connectivity index (χ0) is 13.4. The van der Waals surface area contributed by atoms with Crippen LogP contribution in [0, 0.1) is 0 Å². The first-order valence-electron chi connectivity index (χ1n) is 5.28. The molecule has 1 aromatic heterocycles. The predicted octanol–water partition coefficient (Wildman–Crippen LogP) is 0.0214. The lowest BCUT2D eigenvalue weighted by Gasteiger charge is -2.05. The summed E-state index contributed by atoms with van der Waals surface area (Å²) in [5.74, 6) is 0.524. The van der Waals surface area contributed by atoms with Crippen LogP contribution >= 0.6 is 0 Å². The third-order valence-electron chi connectivity index (χ3n) is 2.04. The highest BCUT2D eigenvalue weighted by Crippen LogP contribution is 2.07. The molecule has 0 spiro atoms. The van der Waals surface area contributed by atoms with Crippen molar-refractivity contribution in [2.45, 2.75) is 6.42 Å². The number of allylic oxidation sites excluding steroid dienone is 2. The largest absolute Gasteiger partial charge is 0.481 e. The summed E-state index contributed by atoms with van der Waals surface area (Å²) in [7, 11) is 1.53. The molecular formula is C12H16N4O2. The molecule has 0 bridgehead atoms. The van der Waals surface area contributed by atoms with Gasteiger partial charge in [0.2, 0.25) is 11.8 Å². The first-order chi connectivity index (χ1) is 8.65. The second kappa shape index (κ2) is 6.95. The number of carbonyl (C=O) groups is 1. The maximum Gasteiger partial charge on any atom is 0.229 e. The van der Waals surface area contributed by atoms with Crippen molar-refractivity contribution in [1.29, 1.82) is 0 Å². The molecule has 1 heterocycles. The minimum atomic E-state index is -0.221. The van der Waals surface area contributed by atoms with Gasteiger partial charge in [0.15, 0.2) is 0 Å². The van der Waals surface area contributed by atoms with Crippen molar-refractivity contribution in [3.63, 3.8) is 0 Å². The number of hydrogen-bond donors (Lipinski definition) is 3. The van der Waals surface area contributed by atoms with E-state index in [4.69, 9.17) is 16.2 Å². The number of nitrogens with zero attached hydrogens (tertiary/aromatic N) is 1. The average Bonchev–Trinajstić information content (AvgIpc) is 2.37. The second-order valence-electron chi connectivity index (χ2n) is 3.44. The van der Waals surface area contributed by atoms with Gasteiger partial charge in [0, 0.05) is 12.3 Å². The maximum atomic E-state index is 11.6. The summed E-state index contributed by atoms with van der Waals surface area (Å²) in [6.45, 7) is 0. The first kappa shape index (κ1) is 13.6. The Balaban J connectivity index is 2.53. The Bertz CT molecular complexity index is 452. The van der Waals surface area contributed by atoms with Crippen LogP contribution in [0.5, 0.6) is 5.88 Å². The van der Waals surface area contributed by atoms with Crippen LogP contribution in [-0.4, -0.2) is 18.0 Å². The number of rotatable bonds is 5. The molecule has 0 saturated carbocycles. The zero-order valence-corrected chi connectivity index (χ0v) is 10.1. The van der Waals surface area contributed by atoms with Crippen molar-refractivity contribution in [1.82, 2.24) is 10.3 Å². The van der Waals surface area contributed by atoms with Gasteiger partial charge in [-0.05, 0) is 23.9 Å². The fourth-order valence-electron chi connectivity index (χ4n) is 1.23. The van der Waals surface area contributed by atoms with Crippen LogP contribution in [0.1, 0.15) is 5.56 Å². The van der Waals surface area contributed by atoms with Gasteiger partial charge in [0.1, 0.15) is 5.82 Å². The lowest BCUT2D eigenvalue weighted by molar-refractivity contribution is -0.119. The lowest BCUT2D eigenvalue weighted by Crippen LogP contribution is -2.28. The van der Waals surface area contributed by atoms with Gasteiger partial charge in [-0.25, -0.2) is 4.98 Å². The summed E-state index contributed by atoms with van der Waals surface area (Å²) < 4.78 is 4.92. The summed E-state index contributed by atoms with van der Waals surface area (Å²) >= 11 is 0. The number of pyridine rings is 1. The van der Waals surface area contributed by atoms with Gasteiger partial charge in [-0.1, -0.05) is 6.07 Å². The molecule has 6 nitrogen and oxygen atoms in total. The van der Waals surface area contributed by atoms with Gasteiger partial charge in [-0.3, -0.25) is 4.79 Å². The highest BCUT2D eigenvalue weighted by Gasteiger charge is 2.04. The summed E-state index contributed by atoms with van der Waals surface area (Å²) in [5, 5.41) is 2.53. The van der Waals surface area contributed by atoms with E-state index in [1.54, 1.807) is 18.3 Å². The number of aromatic nitrogens is 1. The molecule has 0 unspecified atom stereocenters. The van der Waals surface area contributed by atoms with E-state index in [1.165, 1.54) is 25.5 Å². The molecule has 18 heavy (non-hydrogen) atoms. The van der Waals surface area contributed by atoms with Gasteiger partial charge in [0.25, 0.3) is 0 Å². The lowest BCUT2D eigenvalue weighted by atomic mass is 10.2. The van der Waals surface area contributed by atoms with Crippen LogP contribution < -0.4 is 21.5 Å². The number of amides is 1. The Labute approximate surface area is 105 Å². The van der Waals surface area contributed by atoms with Gasteiger partial charge in [-0.2, -0.15) is 0 Å². The van der Waals surface area contributed by atoms with E-state index in [0.29, 0.717) is 5.88 Å². The Hall–Kier alpha value is -2.50. The summed E-state index contributed by atoms with van der Waals surface area (Å²) in [5.41, 5.74) is 11.5. The standard InChI is InChI=1S/C12H16N4O2/c1-18-12-5-4-9(8-15-12)7-11(17)16-10(14)3-2-6-13/h2-6,8H,7,13-14H2,1H3,(H,16,17)/b6-2-,10-3+. The van der Waals surface area contributed by atoms with Crippen LogP contribution in [0.25, 0.3) is 0 Å². The smallest absolute Gasteiger partial charge is 0.229 e. The van der Waals surface area contributed by atoms with E-state index in [9.17, 15) is 4.79 Å². The van der Waals surface area contributed by atoms with Crippen molar-refractivity contribution in [3.8, 4) is 5.88 Å². The van der Waals surface area contributed by atoms with Gasteiger partial charge >= 0.3 is 0 Å². The van der Waals surface area contributed by atoms with Crippen molar-refractivity contribution < 1.29 is 9.53 Å². The summed E-state index contributed by atoms with van der Waals surface area (Å²) in [6, 6.07) is 3.46. The Morgan fingerprint density at radius 2 is 2.33 bits per heavy atom. The SMILES string of the molecule is COc1ccc(CC(=O)N/C(N)=C/C=C\N)cn1. The highest BCUT2D eigenvalue weighted by molar-refractivity contribution is 5.80. The minimum Gasteiger partial charge on any atom is -0.481 e. The maximum absolute atomic E-state index is 11.6. The third-order valence-corrected chi connectivity index (χ3v) is 2.04. The Kier molecular flexibility index (Phi) is 5.24. The number of methoxy groups -OCH3 is 1. The van der Waals surface area contributed by atoms with Gasteiger partial charge in [-0.15, -0.1) is 0 Å². The van der Waals surface area contributed by atoms with Gasteiger partial charge < -0.3 is 21.5 Å².